The van der Waals surface area contributed by atoms with Crippen LogP contribution in [0.5, 0.6) is 0 Å². The molecule has 0 aliphatic carbocycles. The van der Waals surface area contributed by atoms with E-state index in [0.29, 0.717) is 5.69 Å². The van der Waals surface area contributed by atoms with Crippen molar-refractivity contribution in [1.82, 2.24) is 9.71 Å². The van der Waals surface area contributed by atoms with E-state index < -0.39 is 10.0 Å². The number of hydrogen-bond acceptors (Lipinski definition) is 3. The van der Waals surface area contributed by atoms with Gasteiger partial charge < -0.3 is 10.7 Å². The first-order chi connectivity index (χ1) is 9.01. The molecule has 1 heterocycles. The summed E-state index contributed by atoms with van der Waals surface area (Å²) in [6, 6.07) is 8.98. The highest BCUT2D eigenvalue weighted by Gasteiger charge is 2.15. The number of sulfonamides is 1. The first-order valence-electron chi connectivity index (χ1n) is 5.63. The van der Waals surface area contributed by atoms with Gasteiger partial charge in [0, 0.05) is 29.5 Å². The van der Waals surface area contributed by atoms with Gasteiger partial charge in [0.05, 0.1) is 4.90 Å². The molecule has 0 atom stereocenters. The van der Waals surface area contributed by atoms with E-state index in [1.165, 1.54) is 12.3 Å². The Bertz CT molecular complexity index is 650. The number of benzene rings is 1. The summed E-state index contributed by atoms with van der Waals surface area (Å²) in [5.74, 6) is 0. The van der Waals surface area contributed by atoms with Crippen LogP contribution in [0, 0.1) is 0 Å². The second-order valence-corrected chi connectivity index (χ2v) is 6.70. The van der Waals surface area contributed by atoms with Gasteiger partial charge >= 0.3 is 0 Å². The molecule has 5 nitrogen and oxygen atoms in total. The van der Waals surface area contributed by atoms with Gasteiger partial charge in [0.15, 0.2) is 0 Å². The molecule has 2 aromatic rings. The van der Waals surface area contributed by atoms with Crippen LogP contribution in [0.4, 0.5) is 0 Å². The fraction of sp³-hybridized carbons (Fsp3) is 0.167. The number of aromatic nitrogens is 1. The SMILES string of the molecule is NCc1cc(S(=O)(=O)NCc2ccc(Br)cc2)c[nH]1. The summed E-state index contributed by atoms with van der Waals surface area (Å²) in [6.07, 6.45) is 1.44. The Balaban J connectivity index is 2.07. The normalized spacial score (nSPS) is 11.7. The van der Waals surface area contributed by atoms with Crippen LogP contribution in [0.25, 0.3) is 0 Å². The number of H-pyrrole nitrogens is 1. The van der Waals surface area contributed by atoms with Crippen molar-refractivity contribution < 1.29 is 8.42 Å². The second kappa shape index (κ2) is 5.87. The Hall–Kier alpha value is -1.15. The third-order valence-corrected chi connectivity index (χ3v) is 4.54. The summed E-state index contributed by atoms with van der Waals surface area (Å²) >= 11 is 3.33. The van der Waals surface area contributed by atoms with E-state index in [1.807, 2.05) is 24.3 Å². The van der Waals surface area contributed by atoms with E-state index in [4.69, 9.17) is 5.73 Å². The van der Waals surface area contributed by atoms with Crippen molar-refractivity contribution in [3.63, 3.8) is 0 Å². The highest BCUT2D eigenvalue weighted by atomic mass is 79.9. The fourth-order valence-corrected chi connectivity index (χ4v) is 2.85. The molecule has 1 aromatic heterocycles. The molecule has 2 rings (SSSR count). The molecule has 4 N–H and O–H groups in total. The largest absolute Gasteiger partial charge is 0.363 e. The maximum absolute atomic E-state index is 12.0. The Morgan fingerprint density at radius 1 is 1.26 bits per heavy atom. The van der Waals surface area contributed by atoms with Crippen LogP contribution >= 0.6 is 15.9 Å². The predicted molar refractivity (Wildman–Crippen MR) is 76.9 cm³/mol. The van der Waals surface area contributed by atoms with Gasteiger partial charge in [-0.25, -0.2) is 13.1 Å². The minimum absolute atomic E-state index is 0.199. The summed E-state index contributed by atoms with van der Waals surface area (Å²) in [6.45, 7) is 0.529. The molecule has 0 fully saturated rings. The van der Waals surface area contributed by atoms with Crippen molar-refractivity contribution >= 4 is 26.0 Å². The summed E-state index contributed by atoms with van der Waals surface area (Å²) in [5.41, 5.74) is 7.01. The van der Waals surface area contributed by atoms with E-state index in [-0.39, 0.29) is 18.0 Å². The van der Waals surface area contributed by atoms with E-state index in [2.05, 4.69) is 25.6 Å². The molecule has 0 amide bonds. The zero-order valence-corrected chi connectivity index (χ0v) is 12.5. The molecular formula is C12H14BrN3O2S. The molecule has 0 bridgehead atoms. The van der Waals surface area contributed by atoms with Gasteiger partial charge in [-0.05, 0) is 23.8 Å². The minimum Gasteiger partial charge on any atom is -0.363 e. The summed E-state index contributed by atoms with van der Waals surface area (Å²) < 4.78 is 27.5. The van der Waals surface area contributed by atoms with Crippen molar-refractivity contribution in [3.8, 4) is 0 Å². The third kappa shape index (κ3) is 3.66. The smallest absolute Gasteiger partial charge is 0.242 e. The zero-order chi connectivity index (χ0) is 13.9. The Morgan fingerprint density at radius 3 is 2.53 bits per heavy atom. The molecular weight excluding hydrogens is 330 g/mol. The first-order valence-corrected chi connectivity index (χ1v) is 7.90. The van der Waals surface area contributed by atoms with Crippen molar-refractivity contribution in [2.24, 2.45) is 5.73 Å². The lowest BCUT2D eigenvalue weighted by atomic mass is 10.2. The van der Waals surface area contributed by atoms with Crippen molar-refractivity contribution in [2.75, 3.05) is 0 Å². The van der Waals surface area contributed by atoms with E-state index in [0.717, 1.165) is 10.0 Å². The van der Waals surface area contributed by atoms with Gasteiger partial charge in [-0.1, -0.05) is 28.1 Å². The molecule has 102 valence electrons. The molecule has 1 aromatic carbocycles. The Kier molecular flexibility index (Phi) is 4.41. The third-order valence-electron chi connectivity index (χ3n) is 2.63. The standard InChI is InChI=1S/C12H14BrN3O2S/c13-10-3-1-9(2-4-10)7-16-19(17,18)12-5-11(6-14)15-8-12/h1-5,8,15-16H,6-7,14H2. The van der Waals surface area contributed by atoms with Crippen LogP contribution in [-0.4, -0.2) is 13.4 Å². The molecule has 0 aliphatic heterocycles. The van der Waals surface area contributed by atoms with Gasteiger partial charge in [0.25, 0.3) is 0 Å². The summed E-state index contributed by atoms with van der Waals surface area (Å²) in [4.78, 5) is 3.02. The molecule has 0 radical (unpaired) electrons. The quantitative estimate of drug-likeness (QED) is 0.772. The lowest BCUT2D eigenvalue weighted by molar-refractivity contribution is 0.581. The van der Waals surface area contributed by atoms with Crippen molar-refractivity contribution in [2.45, 2.75) is 18.0 Å². The van der Waals surface area contributed by atoms with E-state index in [1.54, 1.807) is 0 Å². The topological polar surface area (TPSA) is 88.0 Å². The van der Waals surface area contributed by atoms with Crippen LogP contribution < -0.4 is 10.5 Å². The predicted octanol–water partition coefficient (Wildman–Crippen LogP) is 1.71. The molecule has 7 heteroatoms. The monoisotopic (exact) mass is 343 g/mol. The molecule has 0 saturated carbocycles. The highest BCUT2D eigenvalue weighted by molar-refractivity contribution is 9.10. The summed E-state index contributed by atoms with van der Waals surface area (Å²) in [7, 11) is -3.51. The molecule has 0 saturated heterocycles. The molecule has 0 spiro atoms. The number of halogens is 1. The Morgan fingerprint density at radius 2 is 1.95 bits per heavy atom. The lowest BCUT2D eigenvalue weighted by Gasteiger charge is -2.05. The van der Waals surface area contributed by atoms with Gasteiger partial charge in [-0.3, -0.25) is 0 Å². The molecule has 19 heavy (non-hydrogen) atoms. The average molecular weight is 344 g/mol. The van der Waals surface area contributed by atoms with Crippen LogP contribution in [-0.2, 0) is 23.1 Å². The van der Waals surface area contributed by atoms with Crippen LogP contribution in [0.15, 0.2) is 45.9 Å². The van der Waals surface area contributed by atoms with Crippen molar-refractivity contribution in [3.05, 3.63) is 52.3 Å². The average Bonchev–Trinajstić information content (AvgIpc) is 2.88. The summed E-state index contributed by atoms with van der Waals surface area (Å²) in [5, 5.41) is 0. The van der Waals surface area contributed by atoms with Crippen LogP contribution in [0.1, 0.15) is 11.3 Å². The number of rotatable bonds is 5. The molecule has 0 aliphatic rings. The molecule has 0 unspecified atom stereocenters. The van der Waals surface area contributed by atoms with Gasteiger partial charge in [0.2, 0.25) is 10.0 Å². The van der Waals surface area contributed by atoms with Crippen LogP contribution in [0.2, 0.25) is 0 Å². The van der Waals surface area contributed by atoms with Gasteiger partial charge in [-0.15, -0.1) is 0 Å². The van der Waals surface area contributed by atoms with E-state index >= 15 is 0 Å². The van der Waals surface area contributed by atoms with E-state index in [9.17, 15) is 8.42 Å². The maximum atomic E-state index is 12.0. The van der Waals surface area contributed by atoms with Crippen LogP contribution in [0.3, 0.4) is 0 Å². The zero-order valence-electron chi connectivity index (χ0n) is 10.1. The Labute approximate surface area is 120 Å². The lowest BCUT2D eigenvalue weighted by Crippen LogP contribution is -2.22. The first kappa shape index (κ1) is 14.3. The number of nitrogens with two attached hydrogens (primary N) is 1. The number of hydrogen-bond donors (Lipinski definition) is 3. The minimum atomic E-state index is -3.51. The number of nitrogens with one attached hydrogen (secondary N) is 2. The second-order valence-electron chi connectivity index (χ2n) is 4.02. The van der Waals surface area contributed by atoms with Gasteiger partial charge in [0.1, 0.15) is 0 Å². The van der Waals surface area contributed by atoms with Crippen molar-refractivity contribution in [1.29, 1.82) is 0 Å². The highest BCUT2D eigenvalue weighted by Crippen LogP contribution is 2.13. The number of aromatic amines is 1. The maximum Gasteiger partial charge on any atom is 0.242 e. The fourth-order valence-electron chi connectivity index (χ4n) is 1.56. The van der Waals surface area contributed by atoms with Gasteiger partial charge in [-0.2, -0.15) is 0 Å².